The molecule has 6 rings (SSSR count). The number of fused-ring (bicyclic) bond motifs is 1. The van der Waals surface area contributed by atoms with Gasteiger partial charge in [0.1, 0.15) is 24.1 Å². The summed E-state index contributed by atoms with van der Waals surface area (Å²) in [7, 11) is -3.97. The van der Waals surface area contributed by atoms with E-state index in [0.29, 0.717) is 29.3 Å². The number of aryl methyl sites for hydroxylation is 1. The Labute approximate surface area is 243 Å². The van der Waals surface area contributed by atoms with Gasteiger partial charge in [0.15, 0.2) is 0 Å². The number of nitrogens with two attached hydrogens (primary N) is 1. The van der Waals surface area contributed by atoms with Gasteiger partial charge in [-0.25, -0.2) is 20.1 Å². The van der Waals surface area contributed by atoms with Gasteiger partial charge in [0, 0.05) is 35.8 Å². The molecule has 11 nitrogen and oxygen atoms in total. The molecule has 0 amide bonds. The molecule has 2 fully saturated rings. The van der Waals surface area contributed by atoms with Crippen LogP contribution in [0.2, 0.25) is 0 Å². The minimum absolute atomic E-state index is 0.0224. The third kappa shape index (κ3) is 6.28. The van der Waals surface area contributed by atoms with Crippen molar-refractivity contribution >= 4 is 39.1 Å². The van der Waals surface area contributed by atoms with Crippen molar-refractivity contribution in [2.45, 2.75) is 57.6 Å². The highest BCUT2D eigenvalue weighted by Crippen LogP contribution is 2.39. The zero-order valence-electron chi connectivity index (χ0n) is 22.9. The normalized spacial score (nSPS) is 22.6. The molecule has 2 aliphatic heterocycles. The first-order chi connectivity index (χ1) is 19.7. The molecular formula is C28H34N6O5S2. The van der Waals surface area contributed by atoms with Gasteiger partial charge in [-0.1, -0.05) is 6.07 Å². The summed E-state index contributed by atoms with van der Waals surface area (Å²) in [6.45, 7) is 4.71. The number of nitrogens with zero attached hydrogens (tertiary/aromatic N) is 4. The quantitative estimate of drug-likeness (QED) is 0.350. The molecule has 3 aliphatic rings. The first kappa shape index (κ1) is 28.2. The standard InChI is InChI=1S/C28H34N6O5S2/c1-17-21(27-25-19(8-11-38-27)5-7-24(33-25)34-9-2-3-10-34)13-23(40-17)26(35)22-14-30-16-31-28(22)32-20-6-4-18(12-20)15-39-41(29,36)37/h5,7,13-14,16,18,20,27H,2-4,6,8-12,15H2,1H3,(H2,29,36,37)(H,30,31,32)/t18-,20+,27?/m0/s1. The van der Waals surface area contributed by atoms with Crippen molar-refractivity contribution in [2.75, 3.05) is 36.5 Å². The molecule has 41 heavy (non-hydrogen) atoms. The Kier molecular flexibility index (Phi) is 8.05. The van der Waals surface area contributed by atoms with Crippen LogP contribution >= 0.6 is 11.3 Å². The SMILES string of the molecule is Cc1sc(C(=O)c2cncnc2N[C@@H]2CC[C@H](COS(N)(=O)=O)C2)cc1C1OCCc2ccc(N3CCCC3)nc21. The second-order valence-electron chi connectivity index (χ2n) is 10.9. The number of aromatic nitrogens is 3. The largest absolute Gasteiger partial charge is 0.367 e. The number of carbonyl (C=O) groups excluding carboxylic acids is 1. The number of anilines is 2. The number of ether oxygens (including phenoxy) is 1. The highest BCUT2D eigenvalue weighted by Gasteiger charge is 2.31. The van der Waals surface area contributed by atoms with E-state index in [4.69, 9.17) is 19.0 Å². The van der Waals surface area contributed by atoms with Crippen molar-refractivity contribution in [3.8, 4) is 0 Å². The fraction of sp³-hybridized carbons (Fsp3) is 0.500. The van der Waals surface area contributed by atoms with E-state index in [9.17, 15) is 13.2 Å². The Hall–Kier alpha value is -2.97. The minimum Gasteiger partial charge on any atom is -0.367 e. The van der Waals surface area contributed by atoms with Gasteiger partial charge in [0.05, 0.1) is 29.3 Å². The maximum absolute atomic E-state index is 13.8. The molecule has 0 radical (unpaired) electrons. The molecule has 1 saturated heterocycles. The third-order valence-corrected chi connectivity index (χ3v) is 9.63. The summed E-state index contributed by atoms with van der Waals surface area (Å²) in [5, 5.41) is 8.34. The van der Waals surface area contributed by atoms with Crippen LogP contribution in [0.4, 0.5) is 11.6 Å². The van der Waals surface area contributed by atoms with Gasteiger partial charge in [0.25, 0.3) is 0 Å². The molecule has 5 heterocycles. The van der Waals surface area contributed by atoms with Crippen LogP contribution in [0, 0.1) is 12.8 Å². The van der Waals surface area contributed by atoms with Gasteiger partial charge in [-0.2, -0.15) is 8.42 Å². The predicted octanol–water partition coefficient (Wildman–Crippen LogP) is 3.54. The summed E-state index contributed by atoms with van der Waals surface area (Å²) < 4.78 is 33.3. The zero-order valence-corrected chi connectivity index (χ0v) is 24.5. The van der Waals surface area contributed by atoms with Crippen molar-refractivity contribution in [1.82, 2.24) is 15.0 Å². The highest BCUT2D eigenvalue weighted by atomic mass is 32.2. The zero-order chi connectivity index (χ0) is 28.6. The van der Waals surface area contributed by atoms with Gasteiger partial charge in [-0.05, 0) is 69.1 Å². The summed E-state index contributed by atoms with van der Waals surface area (Å²) in [5.41, 5.74) is 3.48. The Balaban J connectivity index is 1.20. The number of ketones is 1. The van der Waals surface area contributed by atoms with Crippen LogP contribution in [0.25, 0.3) is 0 Å². The molecule has 0 bridgehead atoms. The average Bonchev–Trinajstić information content (AvgIpc) is 3.73. The molecule has 0 spiro atoms. The lowest BCUT2D eigenvalue weighted by Crippen LogP contribution is -2.23. The molecule has 218 valence electrons. The van der Waals surface area contributed by atoms with Crippen LogP contribution in [0.15, 0.2) is 30.7 Å². The van der Waals surface area contributed by atoms with Gasteiger partial charge >= 0.3 is 10.3 Å². The monoisotopic (exact) mass is 598 g/mol. The lowest BCUT2D eigenvalue weighted by atomic mass is 9.97. The number of hydrogen-bond acceptors (Lipinski definition) is 11. The lowest BCUT2D eigenvalue weighted by molar-refractivity contribution is 0.0664. The fourth-order valence-electron chi connectivity index (χ4n) is 6.01. The Bertz CT molecular complexity index is 1540. The molecular weight excluding hydrogens is 564 g/mol. The molecule has 3 N–H and O–H groups in total. The van der Waals surface area contributed by atoms with Crippen molar-refractivity contribution in [2.24, 2.45) is 11.1 Å². The van der Waals surface area contributed by atoms with Crippen LogP contribution in [0.5, 0.6) is 0 Å². The second-order valence-corrected chi connectivity index (χ2v) is 13.4. The smallest absolute Gasteiger partial charge is 0.333 e. The van der Waals surface area contributed by atoms with E-state index in [1.165, 1.54) is 36.1 Å². The van der Waals surface area contributed by atoms with Gasteiger partial charge in [-0.15, -0.1) is 11.3 Å². The number of carbonyl (C=O) groups is 1. The van der Waals surface area contributed by atoms with Gasteiger partial charge in [-0.3, -0.25) is 8.98 Å². The predicted molar refractivity (Wildman–Crippen MR) is 156 cm³/mol. The van der Waals surface area contributed by atoms with E-state index < -0.39 is 10.3 Å². The second kappa shape index (κ2) is 11.7. The molecule has 1 unspecified atom stereocenters. The summed E-state index contributed by atoms with van der Waals surface area (Å²) >= 11 is 1.44. The summed E-state index contributed by atoms with van der Waals surface area (Å²) in [5.74, 6) is 1.34. The average molecular weight is 599 g/mol. The number of nitrogens with one attached hydrogen (secondary N) is 1. The van der Waals surface area contributed by atoms with Crippen LogP contribution in [0.3, 0.4) is 0 Å². The summed E-state index contributed by atoms with van der Waals surface area (Å²) in [6.07, 6.45) is 8.08. The number of pyridine rings is 1. The molecule has 3 aromatic rings. The Morgan fingerprint density at radius 1 is 1.27 bits per heavy atom. The highest BCUT2D eigenvalue weighted by molar-refractivity contribution is 7.84. The summed E-state index contributed by atoms with van der Waals surface area (Å²) in [4.78, 5) is 31.2. The van der Waals surface area contributed by atoms with Crippen molar-refractivity contribution in [1.29, 1.82) is 0 Å². The Morgan fingerprint density at radius 3 is 2.90 bits per heavy atom. The van der Waals surface area contributed by atoms with Crippen LogP contribution < -0.4 is 15.4 Å². The third-order valence-electron chi connectivity index (χ3n) is 8.10. The van der Waals surface area contributed by atoms with Gasteiger partial charge < -0.3 is 15.0 Å². The van der Waals surface area contributed by atoms with Gasteiger partial charge in [0.2, 0.25) is 5.78 Å². The number of thiophene rings is 1. The lowest BCUT2D eigenvalue weighted by Gasteiger charge is -2.27. The van der Waals surface area contributed by atoms with E-state index in [-0.39, 0.29) is 30.5 Å². The molecule has 13 heteroatoms. The van der Waals surface area contributed by atoms with Crippen molar-refractivity contribution < 1.29 is 22.1 Å². The molecule has 3 aromatic heterocycles. The first-order valence-corrected chi connectivity index (χ1v) is 16.3. The fourth-order valence-corrected chi connectivity index (χ4v) is 7.39. The first-order valence-electron chi connectivity index (χ1n) is 14.0. The number of hydrogen-bond donors (Lipinski definition) is 2. The maximum Gasteiger partial charge on any atom is 0.333 e. The van der Waals surface area contributed by atoms with E-state index in [0.717, 1.165) is 54.3 Å². The van der Waals surface area contributed by atoms with E-state index in [1.54, 1.807) is 6.20 Å². The van der Waals surface area contributed by atoms with E-state index >= 15 is 0 Å². The maximum atomic E-state index is 13.8. The van der Waals surface area contributed by atoms with Crippen molar-refractivity contribution in [3.05, 3.63) is 62.9 Å². The summed E-state index contributed by atoms with van der Waals surface area (Å²) in [6, 6.07) is 6.24. The molecule has 0 aromatic carbocycles. The molecule has 3 atom stereocenters. The van der Waals surface area contributed by atoms with Crippen LogP contribution in [-0.2, 0) is 25.6 Å². The van der Waals surface area contributed by atoms with E-state index in [2.05, 4.69) is 32.3 Å². The Morgan fingerprint density at radius 2 is 2.10 bits per heavy atom. The van der Waals surface area contributed by atoms with Crippen LogP contribution in [0.1, 0.15) is 75.1 Å². The minimum atomic E-state index is -3.97. The number of rotatable bonds is 9. The topological polar surface area (TPSA) is 150 Å². The molecule has 1 saturated carbocycles. The van der Waals surface area contributed by atoms with Crippen molar-refractivity contribution in [3.63, 3.8) is 0 Å². The molecule has 1 aliphatic carbocycles. The van der Waals surface area contributed by atoms with Crippen LogP contribution in [-0.4, -0.2) is 61.5 Å². The van der Waals surface area contributed by atoms with E-state index in [1.807, 2.05) is 13.0 Å².